The SMILES string of the molecule is CC(C)(O)C12CC(C1)N(c1cnc(C(=O)NCc3ccc(Cl)cc3)cc1O[C@H]1CCN3C(=O)OC[C@@H]3C1)C2. The second kappa shape index (κ2) is 9.31. The number of amides is 2. The first kappa shape index (κ1) is 25.2. The van der Waals surface area contributed by atoms with Gasteiger partial charge in [0.2, 0.25) is 0 Å². The van der Waals surface area contributed by atoms with Crippen LogP contribution in [0.4, 0.5) is 10.5 Å². The minimum Gasteiger partial charge on any atom is -0.488 e. The van der Waals surface area contributed by atoms with Gasteiger partial charge in [0, 0.05) is 55.0 Å². The molecule has 5 heterocycles. The number of nitrogens with one attached hydrogen (secondary N) is 1. The van der Waals surface area contributed by atoms with Crippen molar-refractivity contribution >= 4 is 29.3 Å². The quantitative estimate of drug-likeness (QED) is 0.551. The molecule has 9 nitrogen and oxygen atoms in total. The minimum atomic E-state index is -0.782. The number of halogens is 1. The van der Waals surface area contributed by atoms with Crippen molar-refractivity contribution in [2.45, 2.75) is 69.9 Å². The molecule has 38 heavy (non-hydrogen) atoms. The third kappa shape index (κ3) is 4.45. The van der Waals surface area contributed by atoms with Gasteiger partial charge in [0.25, 0.3) is 5.91 Å². The third-order valence-corrected chi connectivity index (χ3v) is 9.07. The molecule has 5 fully saturated rings. The van der Waals surface area contributed by atoms with Crippen LogP contribution < -0.4 is 15.0 Å². The Balaban J connectivity index is 1.23. The molecular weight excluding hydrogens is 508 g/mol. The van der Waals surface area contributed by atoms with E-state index in [2.05, 4.69) is 15.2 Å². The molecule has 0 unspecified atom stereocenters. The summed E-state index contributed by atoms with van der Waals surface area (Å²) in [7, 11) is 0. The number of carbonyl (C=O) groups is 2. The Morgan fingerprint density at radius 1 is 1.26 bits per heavy atom. The average molecular weight is 541 g/mol. The van der Waals surface area contributed by atoms with Gasteiger partial charge in [0.1, 0.15) is 24.2 Å². The largest absolute Gasteiger partial charge is 0.488 e. The van der Waals surface area contributed by atoms with Gasteiger partial charge in [0.15, 0.2) is 0 Å². The highest BCUT2D eigenvalue weighted by molar-refractivity contribution is 6.30. The molecule has 1 aromatic heterocycles. The van der Waals surface area contributed by atoms with E-state index in [1.807, 2.05) is 26.0 Å². The third-order valence-electron chi connectivity index (χ3n) is 8.81. The Morgan fingerprint density at radius 2 is 2.03 bits per heavy atom. The number of ether oxygens (including phenoxy) is 2. The Bertz CT molecular complexity index is 1240. The van der Waals surface area contributed by atoms with Crippen LogP contribution in [0.2, 0.25) is 5.02 Å². The van der Waals surface area contributed by atoms with Crippen LogP contribution in [0, 0.1) is 5.41 Å². The molecule has 2 N–H and O–H groups in total. The molecule has 10 heteroatoms. The number of nitrogens with zero attached hydrogens (tertiary/aromatic N) is 3. The van der Waals surface area contributed by atoms with Gasteiger partial charge in [-0.1, -0.05) is 23.7 Å². The summed E-state index contributed by atoms with van der Waals surface area (Å²) >= 11 is 5.96. The molecule has 202 valence electrons. The maximum Gasteiger partial charge on any atom is 0.410 e. The molecule has 1 aromatic carbocycles. The van der Waals surface area contributed by atoms with E-state index in [4.69, 9.17) is 21.1 Å². The van der Waals surface area contributed by atoms with Gasteiger partial charge >= 0.3 is 6.09 Å². The molecule has 0 spiro atoms. The number of anilines is 1. The summed E-state index contributed by atoms with van der Waals surface area (Å²) < 4.78 is 11.8. The zero-order valence-electron chi connectivity index (χ0n) is 21.7. The number of fused-ring (bicyclic) bond motifs is 2. The van der Waals surface area contributed by atoms with E-state index in [9.17, 15) is 14.7 Å². The molecule has 0 radical (unpaired) electrons. The van der Waals surface area contributed by atoms with E-state index < -0.39 is 5.60 Å². The standard InChI is InChI=1S/C28H33ClN4O5/c1-27(2,36)28-11-20(12-28)33(16-28)23-14-30-22(25(34)31-13-17-3-5-18(29)6-4-17)10-24(23)38-21-7-8-32-19(9-21)15-37-26(32)35/h3-6,10,14,19-21,36H,7-9,11-13,15-16H2,1-2H3,(H,31,34)/t19-,20?,21-,28?/m0/s1. The number of aliphatic hydroxyl groups is 1. The van der Waals surface area contributed by atoms with Crippen LogP contribution in [0.3, 0.4) is 0 Å². The van der Waals surface area contributed by atoms with Gasteiger partial charge in [-0.2, -0.15) is 0 Å². The second-order valence-electron chi connectivity index (χ2n) is 11.6. The zero-order valence-corrected chi connectivity index (χ0v) is 22.4. The van der Waals surface area contributed by atoms with Crippen LogP contribution >= 0.6 is 11.6 Å². The lowest BCUT2D eigenvalue weighted by atomic mass is 9.61. The van der Waals surface area contributed by atoms with Crippen molar-refractivity contribution in [3.05, 3.63) is 52.8 Å². The van der Waals surface area contributed by atoms with Gasteiger partial charge in [-0.15, -0.1) is 0 Å². The highest BCUT2D eigenvalue weighted by Crippen LogP contribution is 2.59. The Morgan fingerprint density at radius 3 is 2.74 bits per heavy atom. The normalized spacial score (nSPS) is 28.0. The summed E-state index contributed by atoms with van der Waals surface area (Å²) in [5.41, 5.74) is 1.11. The summed E-state index contributed by atoms with van der Waals surface area (Å²) in [6.07, 6.45) is 4.54. The maximum absolute atomic E-state index is 13.0. The lowest BCUT2D eigenvalue weighted by Gasteiger charge is -2.45. The predicted octanol–water partition coefficient (Wildman–Crippen LogP) is 3.77. The average Bonchev–Trinajstić information content (AvgIpc) is 3.55. The van der Waals surface area contributed by atoms with E-state index in [1.165, 1.54) is 0 Å². The van der Waals surface area contributed by atoms with Crippen molar-refractivity contribution in [3.63, 3.8) is 0 Å². The first-order valence-corrected chi connectivity index (χ1v) is 13.6. The lowest BCUT2D eigenvalue weighted by Crippen LogP contribution is -2.50. The predicted molar refractivity (Wildman–Crippen MR) is 141 cm³/mol. The van der Waals surface area contributed by atoms with Crippen molar-refractivity contribution in [1.82, 2.24) is 15.2 Å². The summed E-state index contributed by atoms with van der Waals surface area (Å²) in [5.74, 6) is 0.318. The number of cyclic esters (lactones) is 1. The minimum absolute atomic E-state index is 0.00624. The van der Waals surface area contributed by atoms with Gasteiger partial charge in [-0.3, -0.25) is 4.79 Å². The molecule has 4 aliphatic heterocycles. The van der Waals surface area contributed by atoms with Crippen LogP contribution in [0.15, 0.2) is 36.5 Å². The van der Waals surface area contributed by atoms with Crippen molar-refractivity contribution in [1.29, 1.82) is 0 Å². The van der Waals surface area contributed by atoms with Crippen LogP contribution in [0.25, 0.3) is 0 Å². The number of aromatic nitrogens is 1. The van der Waals surface area contributed by atoms with E-state index in [0.29, 0.717) is 55.9 Å². The number of benzene rings is 1. The number of hydrogen-bond acceptors (Lipinski definition) is 7. The van der Waals surface area contributed by atoms with Crippen LogP contribution in [-0.2, 0) is 11.3 Å². The Hall–Kier alpha value is -3.04. The molecular formula is C28H33ClN4O5. The summed E-state index contributed by atoms with van der Waals surface area (Å²) in [6, 6.07) is 9.35. The second-order valence-corrected chi connectivity index (χ2v) is 12.0. The Kier molecular flexibility index (Phi) is 6.18. The molecule has 7 rings (SSSR count). The van der Waals surface area contributed by atoms with Gasteiger partial charge in [-0.25, -0.2) is 9.78 Å². The van der Waals surface area contributed by atoms with Crippen molar-refractivity contribution in [2.75, 3.05) is 24.6 Å². The first-order chi connectivity index (χ1) is 18.1. The summed E-state index contributed by atoms with van der Waals surface area (Å²) in [5, 5.41) is 14.4. The molecule has 2 amide bonds. The summed E-state index contributed by atoms with van der Waals surface area (Å²) in [6.45, 7) is 5.79. The highest BCUT2D eigenvalue weighted by Gasteiger charge is 2.62. The lowest BCUT2D eigenvalue weighted by molar-refractivity contribution is -0.0754. The molecule has 2 bridgehead atoms. The van der Waals surface area contributed by atoms with E-state index >= 15 is 0 Å². The first-order valence-electron chi connectivity index (χ1n) is 13.2. The van der Waals surface area contributed by atoms with E-state index in [-0.39, 0.29) is 35.3 Å². The van der Waals surface area contributed by atoms with Crippen molar-refractivity contribution in [2.24, 2.45) is 5.41 Å². The van der Waals surface area contributed by atoms with Gasteiger partial charge in [-0.05, 0) is 44.4 Å². The van der Waals surface area contributed by atoms with Gasteiger partial charge in [0.05, 0.1) is 23.5 Å². The fourth-order valence-electron chi connectivity index (χ4n) is 6.31. The van der Waals surface area contributed by atoms with E-state index in [1.54, 1.807) is 29.3 Å². The van der Waals surface area contributed by atoms with Gasteiger partial charge < -0.3 is 29.7 Å². The van der Waals surface area contributed by atoms with Crippen LogP contribution in [0.5, 0.6) is 5.75 Å². The number of pyridine rings is 1. The molecule has 2 atom stereocenters. The zero-order chi connectivity index (χ0) is 26.7. The molecule has 1 saturated carbocycles. The van der Waals surface area contributed by atoms with Crippen LogP contribution in [-0.4, -0.2) is 70.5 Å². The molecule has 5 aliphatic rings. The maximum atomic E-state index is 13.0. The number of piperidine rings is 1. The number of carbonyl (C=O) groups excluding carboxylic acids is 2. The number of hydrogen-bond donors (Lipinski definition) is 2. The Labute approximate surface area is 227 Å². The fraction of sp³-hybridized carbons (Fsp3) is 0.536. The smallest absolute Gasteiger partial charge is 0.410 e. The monoisotopic (exact) mass is 540 g/mol. The topological polar surface area (TPSA) is 104 Å². The van der Waals surface area contributed by atoms with Crippen LogP contribution in [0.1, 0.15) is 55.6 Å². The highest BCUT2D eigenvalue weighted by atomic mass is 35.5. The fourth-order valence-corrected chi connectivity index (χ4v) is 6.44. The summed E-state index contributed by atoms with van der Waals surface area (Å²) in [4.78, 5) is 33.5. The van der Waals surface area contributed by atoms with Crippen molar-refractivity contribution < 1.29 is 24.2 Å². The number of rotatable bonds is 7. The van der Waals surface area contributed by atoms with E-state index in [0.717, 1.165) is 24.1 Å². The molecule has 1 aliphatic carbocycles. The molecule has 4 saturated heterocycles. The molecule has 2 aromatic rings. The van der Waals surface area contributed by atoms with Crippen molar-refractivity contribution in [3.8, 4) is 5.75 Å².